The van der Waals surface area contributed by atoms with Crippen molar-refractivity contribution in [1.29, 1.82) is 0 Å². The third kappa shape index (κ3) is 3.40. The van der Waals surface area contributed by atoms with Gasteiger partial charge in [-0.15, -0.1) is 0 Å². The summed E-state index contributed by atoms with van der Waals surface area (Å²) < 4.78 is 10.9. The van der Waals surface area contributed by atoms with Crippen LogP contribution in [-0.2, 0) is 9.47 Å². The van der Waals surface area contributed by atoms with Crippen molar-refractivity contribution in [3.05, 3.63) is 0 Å². The first-order chi connectivity index (χ1) is 7.22. The summed E-state index contributed by atoms with van der Waals surface area (Å²) >= 11 is 0. The number of aliphatic hydroxyl groups is 3. The molecule has 1 heterocycles. The minimum atomic E-state index is -1.18. The average Bonchev–Trinajstić information content (AvgIpc) is 2.17. The van der Waals surface area contributed by atoms with Crippen LogP contribution in [0.5, 0.6) is 0 Å². The molecule has 0 aromatic heterocycles. The lowest BCUT2D eigenvalue weighted by molar-refractivity contribution is -0.234. The molecule has 3 N–H and O–H groups in total. The van der Waals surface area contributed by atoms with Gasteiger partial charge in [-0.05, 0) is 27.7 Å². The third-order valence-corrected chi connectivity index (χ3v) is 2.63. The van der Waals surface area contributed by atoms with Crippen molar-refractivity contribution in [2.45, 2.75) is 63.8 Å². The second kappa shape index (κ2) is 4.98. The molecule has 5 nitrogen and oxygen atoms in total. The lowest BCUT2D eigenvalue weighted by atomic mass is 9.96. The second-order valence-corrected chi connectivity index (χ2v) is 5.27. The van der Waals surface area contributed by atoms with Crippen molar-refractivity contribution in [2.75, 3.05) is 6.61 Å². The first-order valence-corrected chi connectivity index (χ1v) is 5.56. The first kappa shape index (κ1) is 13.9. The van der Waals surface area contributed by atoms with E-state index in [1.807, 2.05) is 20.8 Å². The van der Waals surface area contributed by atoms with Crippen molar-refractivity contribution in [2.24, 2.45) is 0 Å². The molecule has 0 aliphatic carbocycles. The van der Waals surface area contributed by atoms with Gasteiger partial charge < -0.3 is 24.8 Å². The van der Waals surface area contributed by atoms with E-state index in [9.17, 15) is 15.3 Å². The van der Waals surface area contributed by atoms with Crippen LogP contribution in [0, 0.1) is 0 Å². The maximum Gasteiger partial charge on any atom is 0.111 e. The van der Waals surface area contributed by atoms with Gasteiger partial charge in [-0.25, -0.2) is 0 Å². The Morgan fingerprint density at radius 1 is 1.06 bits per heavy atom. The van der Waals surface area contributed by atoms with Gasteiger partial charge in [0.05, 0.1) is 18.3 Å². The highest BCUT2D eigenvalue weighted by Crippen LogP contribution is 2.22. The molecule has 5 unspecified atom stereocenters. The summed E-state index contributed by atoms with van der Waals surface area (Å²) in [6.07, 6.45) is -4.47. The topological polar surface area (TPSA) is 79.2 Å². The molecule has 1 aliphatic rings. The molecule has 1 rings (SSSR count). The Morgan fingerprint density at radius 2 is 1.62 bits per heavy atom. The quantitative estimate of drug-likeness (QED) is 0.610. The Labute approximate surface area is 96.0 Å². The molecule has 0 radical (unpaired) electrons. The van der Waals surface area contributed by atoms with E-state index in [0.717, 1.165) is 0 Å². The van der Waals surface area contributed by atoms with Crippen molar-refractivity contribution in [3.8, 4) is 0 Å². The molecule has 5 heteroatoms. The minimum Gasteiger partial charge on any atom is -0.388 e. The van der Waals surface area contributed by atoms with Gasteiger partial charge in [0.2, 0.25) is 0 Å². The lowest BCUT2D eigenvalue weighted by Crippen LogP contribution is -2.58. The van der Waals surface area contributed by atoms with Gasteiger partial charge in [-0.2, -0.15) is 0 Å². The van der Waals surface area contributed by atoms with Gasteiger partial charge >= 0.3 is 0 Å². The van der Waals surface area contributed by atoms with Gasteiger partial charge in [-0.1, -0.05) is 0 Å². The lowest BCUT2D eigenvalue weighted by Gasteiger charge is -2.40. The molecule has 0 aromatic carbocycles. The van der Waals surface area contributed by atoms with Crippen LogP contribution in [0.4, 0.5) is 0 Å². The van der Waals surface area contributed by atoms with Gasteiger partial charge in [-0.3, -0.25) is 0 Å². The number of aliphatic hydroxyl groups excluding tert-OH is 3. The summed E-state index contributed by atoms with van der Waals surface area (Å²) in [7, 11) is 0. The summed E-state index contributed by atoms with van der Waals surface area (Å²) in [5.74, 6) is 0. The maximum atomic E-state index is 9.71. The Kier molecular flexibility index (Phi) is 4.31. The van der Waals surface area contributed by atoms with E-state index in [0.29, 0.717) is 0 Å². The fraction of sp³-hybridized carbons (Fsp3) is 1.00. The van der Waals surface area contributed by atoms with Crippen LogP contribution in [0.1, 0.15) is 27.7 Å². The standard InChI is InChI=1S/C11H22O5/c1-6-8(12)10(14)9(13)7(16-6)5-15-11(2,3)4/h6-10,12-14H,5H2,1-4H3. The van der Waals surface area contributed by atoms with Gasteiger partial charge in [0.1, 0.15) is 24.4 Å². The highest BCUT2D eigenvalue weighted by molar-refractivity contribution is 4.90. The Balaban J connectivity index is 2.54. The summed E-state index contributed by atoms with van der Waals surface area (Å²) in [4.78, 5) is 0. The Bertz CT molecular complexity index is 225. The third-order valence-electron chi connectivity index (χ3n) is 2.63. The maximum absolute atomic E-state index is 9.71. The predicted molar refractivity (Wildman–Crippen MR) is 58.1 cm³/mol. The molecule has 0 amide bonds. The van der Waals surface area contributed by atoms with E-state index < -0.39 is 30.5 Å². The SMILES string of the molecule is CC1OC(COC(C)(C)C)C(O)C(O)C1O. The summed E-state index contributed by atoms with van der Waals surface area (Å²) in [5.41, 5.74) is -0.326. The van der Waals surface area contributed by atoms with E-state index in [4.69, 9.17) is 9.47 Å². The molecule has 16 heavy (non-hydrogen) atoms. The zero-order valence-electron chi connectivity index (χ0n) is 10.3. The Hall–Kier alpha value is -0.200. The van der Waals surface area contributed by atoms with Crippen molar-refractivity contribution in [3.63, 3.8) is 0 Å². The number of hydrogen-bond donors (Lipinski definition) is 3. The number of rotatable bonds is 2. The molecule has 0 saturated carbocycles. The van der Waals surface area contributed by atoms with Gasteiger partial charge in [0.15, 0.2) is 0 Å². The van der Waals surface area contributed by atoms with Crippen molar-refractivity contribution >= 4 is 0 Å². The van der Waals surface area contributed by atoms with Crippen molar-refractivity contribution in [1.82, 2.24) is 0 Å². The number of ether oxygens (including phenoxy) is 2. The molecule has 1 saturated heterocycles. The van der Waals surface area contributed by atoms with Crippen LogP contribution >= 0.6 is 0 Å². The normalized spacial score (nSPS) is 41.1. The monoisotopic (exact) mass is 234 g/mol. The average molecular weight is 234 g/mol. The van der Waals surface area contributed by atoms with E-state index in [1.54, 1.807) is 6.92 Å². The largest absolute Gasteiger partial charge is 0.388 e. The van der Waals surface area contributed by atoms with E-state index >= 15 is 0 Å². The van der Waals surface area contributed by atoms with Gasteiger partial charge in [0, 0.05) is 0 Å². The molecule has 5 atom stereocenters. The predicted octanol–water partition coefficient (Wildman–Crippen LogP) is -0.329. The first-order valence-electron chi connectivity index (χ1n) is 5.56. The van der Waals surface area contributed by atoms with Crippen LogP contribution < -0.4 is 0 Å². The highest BCUT2D eigenvalue weighted by Gasteiger charge is 2.42. The molecule has 1 fully saturated rings. The molecule has 96 valence electrons. The zero-order valence-corrected chi connectivity index (χ0v) is 10.3. The van der Waals surface area contributed by atoms with Crippen molar-refractivity contribution < 1.29 is 24.8 Å². The minimum absolute atomic E-state index is 0.193. The fourth-order valence-corrected chi connectivity index (χ4v) is 1.61. The zero-order chi connectivity index (χ0) is 12.5. The Morgan fingerprint density at radius 3 is 2.12 bits per heavy atom. The van der Waals surface area contributed by atoms with Crippen LogP contribution in [0.2, 0.25) is 0 Å². The molecular formula is C11H22O5. The van der Waals surface area contributed by atoms with Crippen LogP contribution in [0.15, 0.2) is 0 Å². The molecule has 0 spiro atoms. The van der Waals surface area contributed by atoms with Gasteiger partial charge in [0.25, 0.3) is 0 Å². The second-order valence-electron chi connectivity index (χ2n) is 5.27. The highest BCUT2D eigenvalue weighted by atomic mass is 16.6. The molecule has 1 aliphatic heterocycles. The molecule has 0 bridgehead atoms. The summed E-state index contributed by atoms with van der Waals surface area (Å²) in [5, 5.41) is 28.8. The molecular weight excluding hydrogens is 212 g/mol. The number of hydrogen-bond acceptors (Lipinski definition) is 5. The van der Waals surface area contributed by atoms with Crippen LogP contribution in [0.25, 0.3) is 0 Å². The van der Waals surface area contributed by atoms with Crippen LogP contribution in [-0.4, -0.2) is 58.0 Å². The smallest absolute Gasteiger partial charge is 0.111 e. The van der Waals surface area contributed by atoms with Crippen LogP contribution in [0.3, 0.4) is 0 Å². The summed E-state index contributed by atoms with van der Waals surface area (Å²) in [6, 6.07) is 0. The fourth-order valence-electron chi connectivity index (χ4n) is 1.61. The summed E-state index contributed by atoms with van der Waals surface area (Å²) in [6.45, 7) is 7.55. The van der Waals surface area contributed by atoms with E-state index in [-0.39, 0.29) is 12.2 Å². The molecule has 0 aromatic rings. The van der Waals surface area contributed by atoms with E-state index in [1.165, 1.54) is 0 Å². The van der Waals surface area contributed by atoms with E-state index in [2.05, 4.69) is 0 Å².